The van der Waals surface area contributed by atoms with Crippen molar-refractivity contribution in [2.45, 2.75) is 86.8 Å². The number of carbonyl (C=O) groups is 5. The topological polar surface area (TPSA) is 254 Å². The van der Waals surface area contributed by atoms with Gasteiger partial charge in [-0.2, -0.15) is 10.2 Å². The highest BCUT2D eigenvalue weighted by atomic mass is 16.6. The number of nitrogens with one attached hydrogen (secondary N) is 3. The number of aromatic nitrogens is 8. The number of aryl methyl sites for hydroxylation is 4. The third-order valence-electron chi connectivity index (χ3n) is 9.12. The molecule has 0 radical (unpaired) electrons. The number of nitrogens with zero attached hydrogens (tertiary/aromatic N) is 8. The second kappa shape index (κ2) is 16.7. The Kier molecular flexibility index (Phi) is 11.7. The van der Waals surface area contributed by atoms with Gasteiger partial charge in [0.2, 0.25) is 23.7 Å². The van der Waals surface area contributed by atoms with Crippen LogP contribution in [0.4, 0.5) is 16.7 Å². The first-order valence-corrected chi connectivity index (χ1v) is 18.9. The van der Waals surface area contributed by atoms with Crippen LogP contribution in [0.1, 0.15) is 93.3 Å². The molecule has 0 fully saturated rings. The minimum atomic E-state index is -0.758. The first-order valence-electron chi connectivity index (χ1n) is 18.9. The predicted octanol–water partition coefficient (Wildman–Crippen LogP) is 4.42. The molecule has 0 unspecified atom stereocenters. The molecule has 4 heterocycles. The Bertz CT molecular complexity index is 2650. The second-order valence-electron chi connectivity index (χ2n) is 14.7. The molecule has 0 atom stereocenters. The molecule has 6 aromatic rings. The van der Waals surface area contributed by atoms with Crippen molar-refractivity contribution < 1.29 is 28.7 Å². The Balaban J connectivity index is 1.39. The first-order chi connectivity index (χ1) is 28.0. The third-order valence-corrected chi connectivity index (χ3v) is 9.12. The number of primary amides is 2. The Morgan fingerprint density at radius 2 is 1.25 bits per heavy atom. The fraction of sp³-hybridized carbons (Fsp3) is 0.325. The molecule has 0 spiro atoms. The van der Waals surface area contributed by atoms with Crippen LogP contribution in [0, 0.1) is 13.8 Å². The van der Waals surface area contributed by atoms with Crippen LogP contribution in [0.5, 0.6) is 0 Å². The van der Waals surface area contributed by atoms with Crippen LogP contribution in [0.2, 0.25) is 0 Å². The molecule has 0 aliphatic rings. The van der Waals surface area contributed by atoms with Gasteiger partial charge in [-0.15, -0.1) is 0 Å². The van der Waals surface area contributed by atoms with E-state index in [4.69, 9.17) is 21.2 Å². The summed E-state index contributed by atoms with van der Waals surface area (Å²) in [5.41, 5.74) is 15.3. The normalized spacial score (nSPS) is 11.7. The van der Waals surface area contributed by atoms with Crippen LogP contribution in [0.15, 0.2) is 54.6 Å². The maximum absolute atomic E-state index is 13.7. The van der Waals surface area contributed by atoms with Gasteiger partial charge in [-0.05, 0) is 96.5 Å². The van der Waals surface area contributed by atoms with Crippen molar-refractivity contribution >= 4 is 63.7 Å². The van der Waals surface area contributed by atoms with Gasteiger partial charge in [-0.25, -0.2) is 14.8 Å². The summed E-state index contributed by atoms with van der Waals surface area (Å²) in [5, 5.41) is 17.3. The van der Waals surface area contributed by atoms with E-state index >= 15 is 0 Å². The Morgan fingerprint density at radius 1 is 0.729 bits per heavy atom. The highest BCUT2D eigenvalue weighted by Gasteiger charge is 2.23. The molecule has 19 nitrogen and oxygen atoms in total. The number of nitrogens with two attached hydrogens (primary N) is 2. The van der Waals surface area contributed by atoms with Crippen molar-refractivity contribution in [2.75, 3.05) is 10.6 Å². The predicted molar refractivity (Wildman–Crippen MR) is 220 cm³/mol. The molecule has 2 aromatic carbocycles. The molecule has 59 heavy (non-hydrogen) atoms. The highest BCUT2D eigenvalue weighted by Crippen LogP contribution is 2.27. The molecule has 0 saturated heterocycles. The summed E-state index contributed by atoms with van der Waals surface area (Å²) >= 11 is 0. The first kappa shape index (κ1) is 41.3. The molecule has 7 N–H and O–H groups in total. The van der Waals surface area contributed by atoms with E-state index in [9.17, 15) is 24.0 Å². The van der Waals surface area contributed by atoms with E-state index in [2.05, 4.69) is 31.1 Å². The third kappa shape index (κ3) is 9.14. The summed E-state index contributed by atoms with van der Waals surface area (Å²) < 4.78 is 12.1. The van der Waals surface area contributed by atoms with E-state index in [1.165, 1.54) is 6.07 Å². The highest BCUT2D eigenvalue weighted by molar-refractivity contribution is 6.05. The van der Waals surface area contributed by atoms with Gasteiger partial charge in [0.15, 0.2) is 0 Å². The Labute approximate surface area is 338 Å². The van der Waals surface area contributed by atoms with Gasteiger partial charge in [-0.1, -0.05) is 12.2 Å². The number of carbonyl (C=O) groups excluding carboxylic acids is 5. The van der Waals surface area contributed by atoms with Crippen LogP contribution in [-0.4, -0.2) is 74.0 Å². The van der Waals surface area contributed by atoms with Crippen LogP contribution in [-0.2, 0) is 37.5 Å². The summed E-state index contributed by atoms with van der Waals surface area (Å²) in [6.45, 7) is 13.8. The van der Waals surface area contributed by atoms with E-state index < -0.39 is 35.3 Å². The molecular formula is C40H47N13O6. The zero-order chi connectivity index (χ0) is 42.8. The standard InChI is InChI=1S/C40H47N13O6/c1-8-52-30(16-22(3)48-52)35(56)46-37-44-27-19-24(33(41)54)12-13-29(27)50(37)14-10-11-15-51-32-26(21-43-39(58)59-40(5,6)7)18-25(34(42)55)20-28(32)45-38(51)47-36(57)31-17-23(4)49-53(31)9-2/h10-13,16-20H,8-9,14-15,21H2,1-7H3,(H2,41,54)(H2,42,55)(H,43,58)(H,44,46,56)(H,45,47,57)/b11-10+. The number of hydrogen-bond acceptors (Lipinski definition) is 10. The van der Waals surface area contributed by atoms with E-state index in [1.54, 1.807) is 89.5 Å². The number of fused-ring (bicyclic) bond motifs is 2. The lowest BCUT2D eigenvalue weighted by molar-refractivity contribution is 0.0523. The molecule has 5 amide bonds. The van der Waals surface area contributed by atoms with Crippen molar-refractivity contribution in [3.8, 4) is 0 Å². The van der Waals surface area contributed by atoms with Gasteiger partial charge in [0, 0.05) is 43.9 Å². The average Bonchev–Trinajstić information content (AvgIpc) is 3.93. The van der Waals surface area contributed by atoms with Gasteiger partial charge >= 0.3 is 6.09 Å². The lowest BCUT2D eigenvalue weighted by Crippen LogP contribution is -2.32. The smallest absolute Gasteiger partial charge is 0.407 e. The molecule has 0 saturated carbocycles. The van der Waals surface area contributed by atoms with Crippen LogP contribution in [0.3, 0.4) is 0 Å². The molecule has 308 valence electrons. The number of ether oxygens (including phenoxy) is 1. The van der Waals surface area contributed by atoms with E-state index in [0.717, 1.165) is 0 Å². The summed E-state index contributed by atoms with van der Waals surface area (Å²) in [7, 11) is 0. The fourth-order valence-electron chi connectivity index (χ4n) is 6.58. The summed E-state index contributed by atoms with van der Waals surface area (Å²) in [6.07, 6.45) is 2.99. The number of allylic oxidation sites excluding steroid dienone is 2. The minimum absolute atomic E-state index is 0.0645. The summed E-state index contributed by atoms with van der Waals surface area (Å²) in [6, 6.07) is 11.3. The van der Waals surface area contributed by atoms with Gasteiger partial charge in [-0.3, -0.25) is 39.2 Å². The number of benzene rings is 2. The van der Waals surface area contributed by atoms with Crippen LogP contribution < -0.4 is 27.4 Å². The minimum Gasteiger partial charge on any atom is -0.444 e. The quantitative estimate of drug-likeness (QED) is 0.0969. The largest absolute Gasteiger partial charge is 0.444 e. The molecule has 0 bridgehead atoms. The van der Waals surface area contributed by atoms with Crippen LogP contribution >= 0.6 is 0 Å². The van der Waals surface area contributed by atoms with E-state index in [1.807, 2.05) is 26.0 Å². The Hall–Kier alpha value is -7.31. The monoisotopic (exact) mass is 805 g/mol. The lowest BCUT2D eigenvalue weighted by Gasteiger charge is -2.20. The molecule has 6 rings (SSSR count). The van der Waals surface area contributed by atoms with Gasteiger partial charge in [0.25, 0.3) is 11.8 Å². The van der Waals surface area contributed by atoms with Crippen LogP contribution in [0.25, 0.3) is 22.1 Å². The van der Waals surface area contributed by atoms with E-state index in [0.29, 0.717) is 63.5 Å². The number of amides is 5. The van der Waals surface area contributed by atoms with Gasteiger partial charge in [0.1, 0.15) is 17.0 Å². The molecule has 19 heteroatoms. The molecule has 4 aromatic heterocycles. The van der Waals surface area contributed by atoms with Crippen molar-refractivity contribution in [3.05, 3.63) is 94.1 Å². The van der Waals surface area contributed by atoms with Crippen molar-refractivity contribution in [3.63, 3.8) is 0 Å². The molecular weight excluding hydrogens is 759 g/mol. The van der Waals surface area contributed by atoms with Gasteiger partial charge in [0.05, 0.1) is 33.5 Å². The number of alkyl carbamates (subject to hydrolysis) is 1. The van der Waals surface area contributed by atoms with Crippen molar-refractivity contribution in [1.82, 2.24) is 44.0 Å². The lowest BCUT2D eigenvalue weighted by atomic mass is 10.1. The van der Waals surface area contributed by atoms with Crippen molar-refractivity contribution in [2.24, 2.45) is 11.5 Å². The fourth-order valence-corrected chi connectivity index (χ4v) is 6.58. The summed E-state index contributed by atoms with van der Waals surface area (Å²) in [4.78, 5) is 73.8. The number of anilines is 2. The van der Waals surface area contributed by atoms with Gasteiger partial charge < -0.3 is 30.7 Å². The van der Waals surface area contributed by atoms with E-state index in [-0.39, 0.29) is 42.7 Å². The summed E-state index contributed by atoms with van der Waals surface area (Å²) in [5.74, 6) is -1.84. The number of imidazole rings is 2. The zero-order valence-corrected chi connectivity index (χ0v) is 33.9. The maximum Gasteiger partial charge on any atom is 0.407 e. The van der Waals surface area contributed by atoms with Crippen molar-refractivity contribution in [1.29, 1.82) is 0 Å². The Morgan fingerprint density at radius 3 is 1.80 bits per heavy atom. The molecule has 0 aliphatic heterocycles. The molecule has 0 aliphatic carbocycles. The average molecular weight is 806 g/mol. The maximum atomic E-state index is 13.7. The number of hydrogen-bond donors (Lipinski definition) is 5. The zero-order valence-electron chi connectivity index (χ0n) is 33.9. The SMILES string of the molecule is CCn1nc(C)cc1C(=O)Nc1nc2cc(C(N)=O)ccc2n1C/C=C/Cn1c(NC(=O)c2cc(C)nn2CC)nc2cc(C(N)=O)cc(CNC(=O)OC(C)(C)C)c21. The number of rotatable bonds is 14. The second-order valence-corrected chi connectivity index (χ2v) is 14.7.